The zero-order valence-electron chi connectivity index (χ0n) is 12.6. The summed E-state index contributed by atoms with van der Waals surface area (Å²) >= 11 is 1.34. The summed E-state index contributed by atoms with van der Waals surface area (Å²) in [5.41, 5.74) is 0.787. The summed E-state index contributed by atoms with van der Waals surface area (Å²) in [6, 6.07) is 10.9. The topological polar surface area (TPSA) is 96.9 Å². The lowest BCUT2D eigenvalue weighted by molar-refractivity contribution is -0.116. The van der Waals surface area contributed by atoms with Crippen molar-refractivity contribution in [2.24, 2.45) is 0 Å². The van der Waals surface area contributed by atoms with Crippen molar-refractivity contribution in [3.05, 3.63) is 68.8 Å². The molecule has 24 heavy (non-hydrogen) atoms. The molecule has 0 saturated carbocycles. The highest BCUT2D eigenvalue weighted by Crippen LogP contribution is 2.24. The molecular formula is C16H14N4O3S. The highest BCUT2D eigenvalue weighted by Gasteiger charge is 2.08. The molecule has 2 aromatic heterocycles. The Labute approximate surface area is 140 Å². The second-order valence-electron chi connectivity index (χ2n) is 5.01. The van der Waals surface area contributed by atoms with Gasteiger partial charge in [0.25, 0.3) is 5.56 Å². The van der Waals surface area contributed by atoms with Gasteiger partial charge in [-0.1, -0.05) is 30.3 Å². The smallest absolute Gasteiger partial charge is 0.302 e. The first-order valence-corrected chi connectivity index (χ1v) is 8.10. The van der Waals surface area contributed by atoms with Crippen LogP contribution in [0.1, 0.15) is 6.42 Å². The molecule has 0 radical (unpaired) electrons. The Hall–Kier alpha value is -3.00. The second kappa shape index (κ2) is 7.05. The van der Waals surface area contributed by atoms with Gasteiger partial charge in [0, 0.05) is 36.2 Å². The molecule has 3 rings (SSSR count). The van der Waals surface area contributed by atoms with E-state index in [-0.39, 0.29) is 18.9 Å². The highest BCUT2D eigenvalue weighted by atomic mass is 32.1. The number of carbonyl (C=O) groups excluding carboxylic acids is 1. The second-order valence-corrected chi connectivity index (χ2v) is 5.86. The fraction of sp³-hybridized carbons (Fsp3) is 0.125. The number of H-pyrrole nitrogens is 1. The minimum Gasteiger partial charge on any atom is -0.302 e. The number of benzene rings is 1. The number of thiazole rings is 1. The van der Waals surface area contributed by atoms with Crippen LogP contribution in [0.5, 0.6) is 0 Å². The van der Waals surface area contributed by atoms with Crippen LogP contribution in [-0.4, -0.2) is 20.4 Å². The normalized spacial score (nSPS) is 10.5. The molecule has 0 unspecified atom stereocenters. The number of nitrogens with zero attached hydrogens (tertiary/aromatic N) is 2. The van der Waals surface area contributed by atoms with Crippen molar-refractivity contribution < 1.29 is 4.79 Å². The average molecular weight is 342 g/mol. The van der Waals surface area contributed by atoms with Crippen LogP contribution < -0.4 is 16.6 Å². The third kappa shape index (κ3) is 3.85. The lowest BCUT2D eigenvalue weighted by atomic mass is 10.2. The number of anilines is 1. The molecule has 1 amide bonds. The van der Waals surface area contributed by atoms with Crippen LogP contribution in [-0.2, 0) is 11.3 Å². The van der Waals surface area contributed by atoms with Crippen molar-refractivity contribution in [1.29, 1.82) is 0 Å². The van der Waals surface area contributed by atoms with Gasteiger partial charge >= 0.3 is 5.69 Å². The SMILES string of the molecule is O=C(CCn1ccc(=O)[nH]c1=O)Nc1nc(-c2ccccc2)cs1. The van der Waals surface area contributed by atoms with E-state index in [1.807, 2.05) is 35.7 Å². The number of carbonyl (C=O) groups is 1. The summed E-state index contributed by atoms with van der Waals surface area (Å²) in [4.78, 5) is 41.0. The first-order chi connectivity index (χ1) is 11.6. The first kappa shape index (κ1) is 15.9. The van der Waals surface area contributed by atoms with Crippen molar-refractivity contribution in [1.82, 2.24) is 14.5 Å². The van der Waals surface area contributed by atoms with Crippen molar-refractivity contribution in [2.45, 2.75) is 13.0 Å². The van der Waals surface area contributed by atoms with Gasteiger partial charge in [0.1, 0.15) is 0 Å². The molecule has 8 heteroatoms. The molecule has 0 aliphatic rings. The van der Waals surface area contributed by atoms with Gasteiger partial charge in [-0.2, -0.15) is 0 Å². The molecule has 0 bridgehead atoms. The van der Waals surface area contributed by atoms with Gasteiger partial charge in [0.05, 0.1) is 5.69 Å². The summed E-state index contributed by atoms with van der Waals surface area (Å²) in [5, 5.41) is 5.09. The lowest BCUT2D eigenvalue weighted by Gasteiger charge is -2.04. The van der Waals surface area contributed by atoms with E-state index in [1.54, 1.807) is 0 Å². The van der Waals surface area contributed by atoms with Crippen molar-refractivity contribution in [3.8, 4) is 11.3 Å². The molecule has 0 aliphatic heterocycles. The zero-order valence-corrected chi connectivity index (χ0v) is 13.4. The monoisotopic (exact) mass is 342 g/mol. The number of hydrogen-bond acceptors (Lipinski definition) is 5. The van der Waals surface area contributed by atoms with Gasteiger partial charge in [-0.25, -0.2) is 9.78 Å². The summed E-state index contributed by atoms with van der Waals surface area (Å²) in [6.07, 6.45) is 1.47. The van der Waals surface area contributed by atoms with E-state index in [0.717, 1.165) is 11.3 Å². The predicted octanol–water partition coefficient (Wildman–Crippen LogP) is 1.69. The Bertz CT molecular complexity index is 959. The van der Waals surface area contributed by atoms with Crippen LogP contribution in [0, 0.1) is 0 Å². The molecule has 2 N–H and O–H groups in total. The molecular weight excluding hydrogens is 328 g/mol. The van der Waals surface area contributed by atoms with Crippen molar-refractivity contribution >= 4 is 22.4 Å². The zero-order chi connectivity index (χ0) is 16.9. The Kier molecular flexibility index (Phi) is 4.66. The summed E-state index contributed by atoms with van der Waals surface area (Å²) < 4.78 is 1.28. The van der Waals surface area contributed by atoms with Crippen molar-refractivity contribution in [3.63, 3.8) is 0 Å². The number of aryl methyl sites for hydroxylation is 1. The first-order valence-electron chi connectivity index (χ1n) is 7.22. The molecule has 7 nitrogen and oxygen atoms in total. The maximum Gasteiger partial charge on any atom is 0.328 e. The van der Waals surface area contributed by atoms with E-state index in [4.69, 9.17) is 0 Å². The van der Waals surface area contributed by atoms with Crippen LogP contribution in [0.25, 0.3) is 11.3 Å². The summed E-state index contributed by atoms with van der Waals surface area (Å²) in [6.45, 7) is 0.179. The van der Waals surface area contributed by atoms with Gasteiger partial charge in [-0.15, -0.1) is 11.3 Å². The summed E-state index contributed by atoms with van der Waals surface area (Å²) in [5.74, 6) is -0.248. The van der Waals surface area contributed by atoms with Gasteiger partial charge < -0.3 is 9.88 Å². The molecule has 3 aromatic rings. The van der Waals surface area contributed by atoms with Crippen LogP contribution in [0.4, 0.5) is 5.13 Å². The van der Waals surface area contributed by atoms with Crippen LogP contribution >= 0.6 is 11.3 Å². The maximum absolute atomic E-state index is 12.0. The van der Waals surface area contributed by atoms with E-state index in [0.29, 0.717) is 5.13 Å². The van der Waals surface area contributed by atoms with Crippen LogP contribution in [0.2, 0.25) is 0 Å². The third-order valence-electron chi connectivity index (χ3n) is 3.30. The van der Waals surface area contributed by atoms with E-state index >= 15 is 0 Å². The minimum atomic E-state index is -0.532. The number of aromatic nitrogens is 3. The standard InChI is InChI=1S/C16H14N4O3S/c21-13(6-8-20-9-7-14(22)19-16(20)23)18-15-17-12(10-24-15)11-4-2-1-3-5-11/h1-5,7,9-10H,6,8H2,(H,17,18,21)(H,19,22,23). The lowest BCUT2D eigenvalue weighted by Crippen LogP contribution is -2.29. The van der Waals surface area contributed by atoms with Gasteiger partial charge in [-0.05, 0) is 0 Å². The number of hydrogen-bond donors (Lipinski definition) is 2. The Balaban J connectivity index is 1.60. The quantitative estimate of drug-likeness (QED) is 0.737. The van der Waals surface area contributed by atoms with E-state index in [2.05, 4.69) is 15.3 Å². The van der Waals surface area contributed by atoms with Gasteiger partial charge in [0.2, 0.25) is 5.91 Å². The van der Waals surface area contributed by atoms with Crippen LogP contribution in [0.15, 0.2) is 57.6 Å². The number of aromatic amines is 1. The fourth-order valence-electron chi connectivity index (χ4n) is 2.10. The maximum atomic E-state index is 12.0. The number of nitrogens with one attached hydrogen (secondary N) is 2. The molecule has 0 aliphatic carbocycles. The van der Waals surface area contributed by atoms with E-state index in [1.165, 1.54) is 28.2 Å². The van der Waals surface area contributed by atoms with Gasteiger partial charge in [-0.3, -0.25) is 14.6 Å². The summed E-state index contributed by atoms with van der Waals surface area (Å²) in [7, 11) is 0. The molecule has 2 heterocycles. The molecule has 1 aromatic carbocycles. The van der Waals surface area contributed by atoms with Gasteiger partial charge in [0.15, 0.2) is 5.13 Å². The van der Waals surface area contributed by atoms with E-state index in [9.17, 15) is 14.4 Å². The minimum absolute atomic E-state index is 0.103. The predicted molar refractivity (Wildman–Crippen MR) is 92.1 cm³/mol. The fourth-order valence-corrected chi connectivity index (χ4v) is 2.83. The number of amides is 1. The molecule has 0 saturated heterocycles. The number of rotatable bonds is 5. The average Bonchev–Trinajstić information content (AvgIpc) is 3.03. The molecule has 0 fully saturated rings. The Morgan fingerprint density at radius 1 is 1.21 bits per heavy atom. The molecule has 0 atom stereocenters. The molecule has 122 valence electrons. The van der Waals surface area contributed by atoms with E-state index < -0.39 is 11.2 Å². The van der Waals surface area contributed by atoms with Crippen LogP contribution in [0.3, 0.4) is 0 Å². The van der Waals surface area contributed by atoms with Crippen molar-refractivity contribution in [2.75, 3.05) is 5.32 Å². The molecule has 0 spiro atoms. The largest absolute Gasteiger partial charge is 0.328 e. The Morgan fingerprint density at radius 3 is 2.75 bits per heavy atom. The Morgan fingerprint density at radius 2 is 2.00 bits per heavy atom. The third-order valence-corrected chi connectivity index (χ3v) is 4.05. The highest BCUT2D eigenvalue weighted by molar-refractivity contribution is 7.14.